The minimum absolute atomic E-state index is 0.0274. The quantitative estimate of drug-likeness (QED) is 0.0457. The van der Waals surface area contributed by atoms with Crippen molar-refractivity contribution in [2.24, 2.45) is 5.41 Å². The molecule has 344 valence electrons. The summed E-state index contributed by atoms with van der Waals surface area (Å²) in [4.78, 5) is 0. The largest absolute Gasteiger partial charge is 0.394 e. The Bertz CT molecular complexity index is 1030. The Morgan fingerprint density at radius 3 is 1.16 bits per heavy atom. The second kappa shape index (κ2) is 27.4. The summed E-state index contributed by atoms with van der Waals surface area (Å²) in [6.07, 6.45) is -4.77. The van der Waals surface area contributed by atoms with E-state index in [1.165, 1.54) is 25.7 Å². The van der Waals surface area contributed by atoms with Gasteiger partial charge in [-0.1, -0.05) is 117 Å². The first-order chi connectivity index (χ1) is 27.9. The molecule has 0 spiro atoms. The highest BCUT2D eigenvalue weighted by Gasteiger charge is 2.51. The topological polar surface area (TPSA) is 278 Å². The van der Waals surface area contributed by atoms with Crippen molar-refractivity contribution in [3.63, 3.8) is 0 Å². The summed E-state index contributed by atoms with van der Waals surface area (Å²) in [7, 11) is 0. The molecule has 0 aromatic carbocycles. The third-order valence-electron chi connectivity index (χ3n) is 12.0. The van der Waals surface area contributed by atoms with E-state index in [2.05, 4.69) is 13.8 Å². The highest BCUT2D eigenvalue weighted by atomic mass is 16.7. The highest BCUT2D eigenvalue weighted by molar-refractivity contribution is 4.95. The van der Waals surface area contributed by atoms with Crippen LogP contribution in [0.15, 0.2) is 0 Å². The SMILES string of the molecule is CCCCCCCCCCC(CCCCCCCCCC)(CO[C@@H]1O[C@H](CO)[C@@H](O)[C@H](O)[C@H]1O)CO[C@@H]1O[C@H](CO)[C@@H](O[C@H]2O[C@H](CO)[C@@H](O)[C@H](O)[C@H]2O)[C@H](O)[C@H]1O. The Labute approximate surface area is 344 Å². The van der Waals surface area contributed by atoms with Crippen molar-refractivity contribution in [1.82, 2.24) is 0 Å². The zero-order valence-electron chi connectivity index (χ0n) is 34.8. The van der Waals surface area contributed by atoms with Crippen LogP contribution in [-0.4, -0.2) is 181 Å². The van der Waals surface area contributed by atoms with Crippen LogP contribution in [0.5, 0.6) is 0 Å². The van der Waals surface area contributed by atoms with Crippen molar-refractivity contribution in [2.75, 3.05) is 33.0 Å². The standard InChI is InChI=1S/C41H78O17/c1-3-5-7-9-11-13-15-17-19-41(20-18-16-14-12-10-8-6-4-2,24-53-38-34(50)31(47)29(45)26(21-42)55-38)25-54-39-36(52)33(49)37(28(23-44)57-39)58-40-35(51)32(48)30(46)27(22-43)56-40/h26-40,42-52H,3-25H2,1-2H3/t26-,27-,28-,29-,30-,31+,32+,33-,34-,35-,36-,37-,38-,39-,40-/m1/s1. The van der Waals surface area contributed by atoms with E-state index in [-0.39, 0.29) is 13.2 Å². The number of rotatable bonds is 29. The van der Waals surface area contributed by atoms with E-state index >= 15 is 0 Å². The number of unbranched alkanes of at least 4 members (excludes halogenated alkanes) is 14. The number of aliphatic hydroxyl groups excluding tert-OH is 11. The van der Waals surface area contributed by atoms with Gasteiger partial charge in [0.1, 0.15) is 73.2 Å². The number of aliphatic hydroxyl groups is 11. The van der Waals surface area contributed by atoms with Crippen molar-refractivity contribution in [1.29, 1.82) is 0 Å². The summed E-state index contributed by atoms with van der Waals surface area (Å²) in [5.74, 6) is 0. The lowest BCUT2D eigenvalue weighted by Gasteiger charge is -2.46. The van der Waals surface area contributed by atoms with Crippen LogP contribution in [0.25, 0.3) is 0 Å². The average Bonchev–Trinajstić information content (AvgIpc) is 3.22. The average molecular weight is 843 g/mol. The number of ether oxygens (including phenoxy) is 6. The zero-order chi connectivity index (χ0) is 42.7. The van der Waals surface area contributed by atoms with Gasteiger partial charge in [0.15, 0.2) is 18.9 Å². The van der Waals surface area contributed by atoms with E-state index in [1.54, 1.807) is 0 Å². The molecular formula is C41H78O17. The number of hydrogen-bond acceptors (Lipinski definition) is 17. The molecule has 11 N–H and O–H groups in total. The molecule has 0 saturated carbocycles. The van der Waals surface area contributed by atoms with Crippen molar-refractivity contribution in [3.8, 4) is 0 Å². The van der Waals surface area contributed by atoms with Gasteiger partial charge >= 0.3 is 0 Å². The minimum Gasteiger partial charge on any atom is -0.394 e. The lowest BCUT2D eigenvalue weighted by molar-refractivity contribution is -0.361. The second-order valence-electron chi connectivity index (χ2n) is 16.8. The highest BCUT2D eigenvalue weighted by Crippen LogP contribution is 2.37. The molecule has 0 aromatic heterocycles. The van der Waals surface area contributed by atoms with Crippen molar-refractivity contribution >= 4 is 0 Å². The van der Waals surface area contributed by atoms with Gasteiger partial charge in [-0.3, -0.25) is 0 Å². The first kappa shape index (κ1) is 51.7. The molecule has 0 aromatic rings. The fourth-order valence-corrected chi connectivity index (χ4v) is 8.14. The van der Waals surface area contributed by atoms with Crippen LogP contribution in [0.1, 0.15) is 129 Å². The Hall–Kier alpha value is -0.680. The smallest absolute Gasteiger partial charge is 0.187 e. The molecule has 0 radical (unpaired) electrons. The van der Waals surface area contributed by atoms with E-state index in [4.69, 9.17) is 28.4 Å². The van der Waals surface area contributed by atoms with Crippen LogP contribution in [0.2, 0.25) is 0 Å². The molecule has 0 unspecified atom stereocenters. The third-order valence-corrected chi connectivity index (χ3v) is 12.0. The van der Waals surface area contributed by atoms with Gasteiger partial charge < -0.3 is 84.6 Å². The van der Waals surface area contributed by atoms with Gasteiger partial charge in [-0.25, -0.2) is 0 Å². The molecule has 15 atom stereocenters. The molecule has 3 fully saturated rings. The third kappa shape index (κ3) is 15.3. The van der Waals surface area contributed by atoms with Crippen LogP contribution in [0.4, 0.5) is 0 Å². The fraction of sp³-hybridized carbons (Fsp3) is 1.00. The molecule has 0 amide bonds. The van der Waals surface area contributed by atoms with Gasteiger partial charge in [0.2, 0.25) is 0 Å². The zero-order valence-corrected chi connectivity index (χ0v) is 34.8. The molecule has 3 aliphatic rings. The minimum atomic E-state index is -1.80. The Kier molecular flexibility index (Phi) is 24.4. The van der Waals surface area contributed by atoms with Gasteiger partial charge in [0.05, 0.1) is 33.0 Å². The van der Waals surface area contributed by atoms with E-state index < -0.39 is 117 Å². The summed E-state index contributed by atoms with van der Waals surface area (Å²) in [6.45, 7) is 2.24. The van der Waals surface area contributed by atoms with Crippen molar-refractivity contribution in [2.45, 2.75) is 222 Å². The fourth-order valence-electron chi connectivity index (χ4n) is 8.14. The molecule has 0 bridgehead atoms. The summed E-state index contributed by atoms with van der Waals surface area (Å²) < 4.78 is 35.2. The Balaban J connectivity index is 1.79. The summed E-state index contributed by atoms with van der Waals surface area (Å²) in [5, 5.41) is 115. The monoisotopic (exact) mass is 843 g/mol. The predicted octanol–water partition coefficient (Wildman–Crippen LogP) is 0.492. The molecule has 17 nitrogen and oxygen atoms in total. The van der Waals surface area contributed by atoms with Crippen LogP contribution in [-0.2, 0) is 28.4 Å². The maximum absolute atomic E-state index is 11.3. The maximum atomic E-state index is 11.3. The van der Waals surface area contributed by atoms with Gasteiger partial charge in [-0.15, -0.1) is 0 Å². The molecule has 3 saturated heterocycles. The molecule has 3 heterocycles. The van der Waals surface area contributed by atoms with Crippen LogP contribution in [0.3, 0.4) is 0 Å². The van der Waals surface area contributed by atoms with Gasteiger partial charge in [0.25, 0.3) is 0 Å². The summed E-state index contributed by atoms with van der Waals surface area (Å²) >= 11 is 0. The van der Waals surface area contributed by atoms with Gasteiger partial charge in [-0.05, 0) is 12.8 Å². The predicted molar refractivity (Wildman–Crippen MR) is 209 cm³/mol. The molecule has 58 heavy (non-hydrogen) atoms. The van der Waals surface area contributed by atoms with Gasteiger partial charge in [0, 0.05) is 5.41 Å². The summed E-state index contributed by atoms with van der Waals surface area (Å²) in [6, 6.07) is 0. The van der Waals surface area contributed by atoms with Crippen LogP contribution in [0, 0.1) is 5.41 Å². The Morgan fingerprint density at radius 2 is 0.741 bits per heavy atom. The van der Waals surface area contributed by atoms with E-state index in [0.29, 0.717) is 12.8 Å². The normalized spacial score (nSPS) is 36.1. The lowest BCUT2D eigenvalue weighted by atomic mass is 9.79. The molecule has 3 rings (SSSR count). The molecule has 3 aliphatic heterocycles. The summed E-state index contributed by atoms with van der Waals surface area (Å²) in [5.41, 5.74) is -0.754. The van der Waals surface area contributed by atoms with Gasteiger partial charge in [-0.2, -0.15) is 0 Å². The first-order valence-electron chi connectivity index (χ1n) is 22.0. The van der Waals surface area contributed by atoms with Crippen LogP contribution >= 0.6 is 0 Å². The molecule has 0 aliphatic carbocycles. The molecule has 17 heteroatoms. The lowest BCUT2D eigenvalue weighted by Crippen LogP contribution is -2.64. The second-order valence-corrected chi connectivity index (χ2v) is 16.8. The number of hydrogen-bond donors (Lipinski definition) is 11. The molecular weight excluding hydrogens is 764 g/mol. The maximum Gasteiger partial charge on any atom is 0.187 e. The van der Waals surface area contributed by atoms with E-state index in [9.17, 15) is 56.2 Å². The van der Waals surface area contributed by atoms with Crippen molar-refractivity contribution < 1.29 is 84.6 Å². The van der Waals surface area contributed by atoms with Crippen LogP contribution < -0.4 is 0 Å². The van der Waals surface area contributed by atoms with E-state index in [0.717, 1.165) is 77.0 Å². The first-order valence-corrected chi connectivity index (χ1v) is 22.0. The van der Waals surface area contributed by atoms with E-state index in [1.807, 2.05) is 0 Å². The van der Waals surface area contributed by atoms with Crippen molar-refractivity contribution in [3.05, 3.63) is 0 Å². The Morgan fingerprint density at radius 1 is 0.397 bits per heavy atom.